The molecule has 1 nitrogen and oxygen atoms in total. The summed E-state index contributed by atoms with van der Waals surface area (Å²) in [5.74, 6) is 5.27. The van der Waals surface area contributed by atoms with E-state index in [4.69, 9.17) is 4.74 Å². The van der Waals surface area contributed by atoms with Crippen LogP contribution in [0.3, 0.4) is 0 Å². The van der Waals surface area contributed by atoms with Gasteiger partial charge in [-0.3, -0.25) is 0 Å². The summed E-state index contributed by atoms with van der Waals surface area (Å²) >= 11 is 0. The van der Waals surface area contributed by atoms with E-state index in [1.807, 2.05) is 0 Å². The van der Waals surface area contributed by atoms with Crippen molar-refractivity contribution in [1.29, 1.82) is 0 Å². The minimum absolute atomic E-state index is 0.459. The van der Waals surface area contributed by atoms with Crippen molar-refractivity contribution in [2.24, 2.45) is 29.6 Å². The normalized spacial score (nSPS) is 38.4. The minimum Gasteiger partial charge on any atom is -0.375 e. The van der Waals surface area contributed by atoms with E-state index < -0.39 is 0 Å². The van der Waals surface area contributed by atoms with E-state index in [0.29, 0.717) is 12.2 Å². The number of ether oxygens (including phenoxy) is 1. The Kier molecular flexibility index (Phi) is 8.35. The van der Waals surface area contributed by atoms with Crippen LogP contribution in [0.25, 0.3) is 0 Å². The molecule has 26 heavy (non-hydrogen) atoms. The summed E-state index contributed by atoms with van der Waals surface area (Å²) < 4.78 is 6.31. The minimum atomic E-state index is 0.459. The molecular formula is C25H46O. The van der Waals surface area contributed by atoms with Crippen LogP contribution >= 0.6 is 0 Å². The molecule has 0 bridgehead atoms. The van der Waals surface area contributed by atoms with Gasteiger partial charge in [-0.2, -0.15) is 0 Å². The Balaban J connectivity index is 1.41. The van der Waals surface area contributed by atoms with Gasteiger partial charge < -0.3 is 4.74 Å². The third-order valence-electron chi connectivity index (χ3n) is 8.32. The molecule has 0 heterocycles. The van der Waals surface area contributed by atoms with Gasteiger partial charge in [-0.25, -0.2) is 0 Å². The quantitative estimate of drug-likeness (QED) is 0.380. The standard InChI is InChI=1S/C25H46O/c1-4-6-7-8-9-10-20-11-15-24-21(17-20)12-13-22-18-23(14-16-25(22)24)26-19(3)5-2/h19-25H,4-18H2,1-3H3. The van der Waals surface area contributed by atoms with E-state index in [1.165, 1.54) is 70.6 Å². The molecule has 0 aromatic carbocycles. The van der Waals surface area contributed by atoms with Gasteiger partial charge in [0.2, 0.25) is 0 Å². The molecule has 0 spiro atoms. The van der Waals surface area contributed by atoms with E-state index >= 15 is 0 Å². The highest BCUT2D eigenvalue weighted by atomic mass is 16.5. The predicted molar refractivity (Wildman–Crippen MR) is 112 cm³/mol. The van der Waals surface area contributed by atoms with Gasteiger partial charge in [-0.15, -0.1) is 0 Å². The monoisotopic (exact) mass is 362 g/mol. The van der Waals surface area contributed by atoms with E-state index in [2.05, 4.69) is 20.8 Å². The Hall–Kier alpha value is -0.0400. The highest BCUT2D eigenvalue weighted by Gasteiger charge is 2.44. The largest absolute Gasteiger partial charge is 0.375 e. The summed E-state index contributed by atoms with van der Waals surface area (Å²) in [5.41, 5.74) is 0. The summed E-state index contributed by atoms with van der Waals surface area (Å²) in [4.78, 5) is 0. The maximum atomic E-state index is 6.31. The molecule has 3 aliphatic rings. The number of hydrogen-bond donors (Lipinski definition) is 0. The van der Waals surface area contributed by atoms with Gasteiger partial charge in [0.1, 0.15) is 0 Å². The second-order valence-electron chi connectivity index (χ2n) is 10.1. The van der Waals surface area contributed by atoms with Crippen LogP contribution < -0.4 is 0 Å². The SMILES string of the molecule is CCCCCCCC1CCC2C(CCC3CC(OC(C)CC)CCC32)C1. The van der Waals surface area contributed by atoms with Gasteiger partial charge in [0.05, 0.1) is 12.2 Å². The molecule has 3 saturated carbocycles. The Morgan fingerprint density at radius 3 is 2.19 bits per heavy atom. The fraction of sp³-hybridized carbons (Fsp3) is 1.00. The first-order valence-corrected chi connectivity index (χ1v) is 12.4. The first kappa shape index (κ1) is 20.7. The van der Waals surface area contributed by atoms with Crippen LogP contribution in [0, 0.1) is 29.6 Å². The summed E-state index contributed by atoms with van der Waals surface area (Å²) in [6.07, 6.45) is 22.9. The predicted octanol–water partition coefficient (Wildman–Crippen LogP) is 7.77. The van der Waals surface area contributed by atoms with Crippen LogP contribution in [0.4, 0.5) is 0 Å². The van der Waals surface area contributed by atoms with E-state index in [-0.39, 0.29) is 0 Å². The average molecular weight is 363 g/mol. The van der Waals surface area contributed by atoms with Gasteiger partial charge in [0.25, 0.3) is 0 Å². The molecule has 0 aromatic rings. The lowest BCUT2D eigenvalue weighted by Gasteiger charge is -2.51. The average Bonchev–Trinajstić information content (AvgIpc) is 2.67. The van der Waals surface area contributed by atoms with E-state index in [0.717, 1.165) is 36.0 Å². The maximum Gasteiger partial charge on any atom is 0.0581 e. The van der Waals surface area contributed by atoms with Gasteiger partial charge in [0.15, 0.2) is 0 Å². The molecular weight excluding hydrogens is 316 g/mol. The molecule has 0 amide bonds. The zero-order chi connectivity index (χ0) is 18.4. The lowest BCUT2D eigenvalue weighted by Crippen LogP contribution is -2.43. The van der Waals surface area contributed by atoms with Crippen molar-refractivity contribution in [3.8, 4) is 0 Å². The molecule has 0 saturated heterocycles. The fourth-order valence-electron chi connectivity index (χ4n) is 6.70. The second kappa shape index (κ2) is 10.5. The lowest BCUT2D eigenvalue weighted by atomic mass is 9.56. The second-order valence-corrected chi connectivity index (χ2v) is 10.1. The summed E-state index contributed by atoms with van der Waals surface area (Å²) in [6.45, 7) is 6.83. The molecule has 7 unspecified atom stereocenters. The Labute approximate surface area is 164 Å². The van der Waals surface area contributed by atoms with Crippen molar-refractivity contribution >= 4 is 0 Å². The molecule has 3 fully saturated rings. The molecule has 1 heteroatoms. The van der Waals surface area contributed by atoms with E-state index in [1.54, 1.807) is 19.3 Å². The third-order valence-corrected chi connectivity index (χ3v) is 8.32. The Morgan fingerprint density at radius 1 is 0.769 bits per heavy atom. The van der Waals surface area contributed by atoms with Crippen LogP contribution in [-0.4, -0.2) is 12.2 Å². The highest BCUT2D eigenvalue weighted by Crippen LogP contribution is 2.53. The van der Waals surface area contributed by atoms with Gasteiger partial charge in [-0.05, 0) is 87.9 Å². The van der Waals surface area contributed by atoms with Gasteiger partial charge >= 0.3 is 0 Å². The molecule has 0 aromatic heterocycles. The number of unbranched alkanes of at least 4 members (excludes halogenated alkanes) is 4. The lowest BCUT2D eigenvalue weighted by molar-refractivity contribution is -0.0760. The number of hydrogen-bond acceptors (Lipinski definition) is 1. The molecule has 0 radical (unpaired) electrons. The zero-order valence-corrected chi connectivity index (χ0v) is 18.1. The van der Waals surface area contributed by atoms with Crippen molar-refractivity contribution in [2.75, 3.05) is 0 Å². The van der Waals surface area contributed by atoms with Crippen LogP contribution in [0.15, 0.2) is 0 Å². The topological polar surface area (TPSA) is 9.23 Å². The maximum absolute atomic E-state index is 6.31. The van der Waals surface area contributed by atoms with Crippen molar-refractivity contribution in [3.63, 3.8) is 0 Å². The van der Waals surface area contributed by atoms with Crippen LogP contribution in [0.1, 0.15) is 117 Å². The Morgan fingerprint density at radius 2 is 1.46 bits per heavy atom. The van der Waals surface area contributed by atoms with Crippen molar-refractivity contribution in [2.45, 2.75) is 129 Å². The van der Waals surface area contributed by atoms with Gasteiger partial charge in [-0.1, -0.05) is 58.8 Å². The van der Waals surface area contributed by atoms with Crippen LogP contribution in [0.2, 0.25) is 0 Å². The number of rotatable bonds is 9. The molecule has 0 N–H and O–H groups in total. The first-order valence-electron chi connectivity index (χ1n) is 12.4. The van der Waals surface area contributed by atoms with Crippen molar-refractivity contribution in [3.05, 3.63) is 0 Å². The number of fused-ring (bicyclic) bond motifs is 3. The first-order chi connectivity index (χ1) is 12.7. The Bertz CT molecular complexity index is 392. The van der Waals surface area contributed by atoms with Crippen LogP contribution in [0.5, 0.6) is 0 Å². The van der Waals surface area contributed by atoms with Crippen LogP contribution in [-0.2, 0) is 4.74 Å². The molecule has 7 atom stereocenters. The summed E-state index contributed by atoms with van der Waals surface area (Å²) in [7, 11) is 0. The van der Waals surface area contributed by atoms with E-state index in [9.17, 15) is 0 Å². The van der Waals surface area contributed by atoms with Crippen molar-refractivity contribution < 1.29 is 4.74 Å². The van der Waals surface area contributed by atoms with Crippen molar-refractivity contribution in [1.82, 2.24) is 0 Å². The zero-order valence-electron chi connectivity index (χ0n) is 18.1. The highest BCUT2D eigenvalue weighted by molar-refractivity contribution is 4.94. The van der Waals surface area contributed by atoms with Gasteiger partial charge in [0, 0.05) is 0 Å². The molecule has 3 aliphatic carbocycles. The molecule has 3 rings (SSSR count). The fourth-order valence-corrected chi connectivity index (χ4v) is 6.70. The summed E-state index contributed by atoms with van der Waals surface area (Å²) in [5, 5.41) is 0. The third kappa shape index (κ3) is 5.49. The molecule has 152 valence electrons. The summed E-state index contributed by atoms with van der Waals surface area (Å²) in [6, 6.07) is 0. The smallest absolute Gasteiger partial charge is 0.0581 e. The molecule has 0 aliphatic heterocycles.